The number of carbonyl (C=O) groups excluding carboxylic acids is 2. The maximum Gasteiger partial charge on any atom is 0.335 e. The zero-order valence-electron chi connectivity index (χ0n) is 14.9. The molecule has 0 unspecified atom stereocenters. The van der Waals surface area contributed by atoms with E-state index in [0.717, 1.165) is 18.4 Å². The number of hydrogen-bond acceptors (Lipinski definition) is 4. The van der Waals surface area contributed by atoms with Crippen molar-refractivity contribution < 1.29 is 19.5 Å². The Kier molecular flexibility index (Phi) is 5.35. The van der Waals surface area contributed by atoms with Crippen molar-refractivity contribution in [2.24, 2.45) is 11.0 Å². The highest BCUT2D eigenvalue weighted by molar-refractivity contribution is 6.39. The molecule has 26 heavy (non-hydrogen) atoms. The minimum Gasteiger partial charge on any atom is -0.478 e. The zero-order chi connectivity index (χ0) is 18.7. The van der Waals surface area contributed by atoms with Gasteiger partial charge in [-0.05, 0) is 36.8 Å². The number of amides is 2. The SMILES string of the molecule is CN1N=C(C(=O)N2CCC(Cc3ccccc3C(=O)O)CC2)CCC1=O. The molecule has 1 fully saturated rings. The third-order valence-corrected chi connectivity index (χ3v) is 5.11. The molecular weight excluding hydrogens is 334 g/mol. The first-order valence-electron chi connectivity index (χ1n) is 8.90. The average molecular weight is 357 g/mol. The Morgan fingerprint density at radius 2 is 1.88 bits per heavy atom. The van der Waals surface area contributed by atoms with Crippen LogP contribution in [-0.4, -0.2) is 58.6 Å². The van der Waals surface area contributed by atoms with Gasteiger partial charge in [0.2, 0.25) is 5.91 Å². The second kappa shape index (κ2) is 7.68. The van der Waals surface area contributed by atoms with Crippen LogP contribution in [0.5, 0.6) is 0 Å². The van der Waals surface area contributed by atoms with Crippen LogP contribution in [0.3, 0.4) is 0 Å². The van der Waals surface area contributed by atoms with E-state index in [-0.39, 0.29) is 11.8 Å². The van der Waals surface area contributed by atoms with Gasteiger partial charge >= 0.3 is 5.97 Å². The minimum atomic E-state index is -0.901. The van der Waals surface area contributed by atoms with Crippen LogP contribution in [-0.2, 0) is 16.0 Å². The van der Waals surface area contributed by atoms with Crippen LogP contribution in [0.1, 0.15) is 41.6 Å². The number of aromatic carboxylic acids is 1. The van der Waals surface area contributed by atoms with Crippen molar-refractivity contribution in [3.8, 4) is 0 Å². The molecule has 0 aromatic heterocycles. The molecule has 2 heterocycles. The summed E-state index contributed by atoms with van der Waals surface area (Å²) in [6.45, 7) is 1.27. The van der Waals surface area contributed by atoms with Crippen LogP contribution in [0.15, 0.2) is 29.4 Å². The van der Waals surface area contributed by atoms with Gasteiger partial charge in [0.05, 0.1) is 5.56 Å². The van der Waals surface area contributed by atoms with E-state index in [4.69, 9.17) is 0 Å². The molecular formula is C19H23N3O4. The number of benzene rings is 1. The van der Waals surface area contributed by atoms with Gasteiger partial charge < -0.3 is 10.0 Å². The first kappa shape index (κ1) is 18.1. The number of piperidine rings is 1. The van der Waals surface area contributed by atoms with Crippen molar-refractivity contribution in [1.82, 2.24) is 9.91 Å². The molecule has 2 aliphatic rings. The Morgan fingerprint density at radius 3 is 2.54 bits per heavy atom. The quantitative estimate of drug-likeness (QED) is 0.889. The van der Waals surface area contributed by atoms with Crippen LogP contribution >= 0.6 is 0 Å². The van der Waals surface area contributed by atoms with Gasteiger partial charge in [-0.15, -0.1) is 0 Å². The molecule has 2 amide bonds. The van der Waals surface area contributed by atoms with Gasteiger partial charge in [0.15, 0.2) is 0 Å². The lowest BCUT2D eigenvalue weighted by atomic mass is 9.88. The Morgan fingerprint density at radius 1 is 1.19 bits per heavy atom. The van der Waals surface area contributed by atoms with E-state index in [1.54, 1.807) is 24.1 Å². The largest absolute Gasteiger partial charge is 0.478 e. The first-order valence-corrected chi connectivity index (χ1v) is 8.90. The Labute approximate surface area is 152 Å². The summed E-state index contributed by atoms with van der Waals surface area (Å²) in [7, 11) is 1.57. The molecule has 7 nitrogen and oxygen atoms in total. The predicted octanol–water partition coefficient (Wildman–Crippen LogP) is 1.77. The van der Waals surface area contributed by atoms with Crippen LogP contribution in [0, 0.1) is 5.92 Å². The third-order valence-electron chi connectivity index (χ3n) is 5.11. The van der Waals surface area contributed by atoms with Gasteiger partial charge in [-0.3, -0.25) is 9.59 Å². The molecule has 0 aliphatic carbocycles. The molecule has 3 rings (SSSR count). The Hall–Kier alpha value is -2.70. The second-order valence-electron chi connectivity index (χ2n) is 6.87. The van der Waals surface area contributed by atoms with Crippen molar-refractivity contribution in [3.05, 3.63) is 35.4 Å². The predicted molar refractivity (Wildman–Crippen MR) is 95.8 cm³/mol. The summed E-state index contributed by atoms with van der Waals surface area (Å²) in [5.41, 5.74) is 1.65. The van der Waals surface area contributed by atoms with Crippen LogP contribution < -0.4 is 0 Å². The fraction of sp³-hybridized carbons (Fsp3) is 0.474. The van der Waals surface area contributed by atoms with E-state index < -0.39 is 5.97 Å². The zero-order valence-corrected chi connectivity index (χ0v) is 14.9. The first-order chi connectivity index (χ1) is 12.5. The summed E-state index contributed by atoms with van der Waals surface area (Å²) in [6, 6.07) is 7.10. The second-order valence-corrected chi connectivity index (χ2v) is 6.87. The average Bonchev–Trinajstić information content (AvgIpc) is 2.64. The molecule has 1 N–H and O–H groups in total. The van der Waals surface area contributed by atoms with Crippen LogP contribution in [0.25, 0.3) is 0 Å². The summed E-state index contributed by atoms with van der Waals surface area (Å²) in [6.07, 6.45) is 3.10. The van der Waals surface area contributed by atoms with Crippen molar-refractivity contribution >= 4 is 23.5 Å². The maximum atomic E-state index is 12.6. The number of nitrogens with zero attached hydrogens (tertiary/aromatic N) is 3. The number of hydrogen-bond donors (Lipinski definition) is 1. The van der Waals surface area contributed by atoms with E-state index in [0.29, 0.717) is 49.5 Å². The molecule has 0 bridgehead atoms. The van der Waals surface area contributed by atoms with Crippen molar-refractivity contribution in [2.45, 2.75) is 32.1 Å². The minimum absolute atomic E-state index is 0.0719. The monoisotopic (exact) mass is 357 g/mol. The molecule has 7 heteroatoms. The van der Waals surface area contributed by atoms with Crippen molar-refractivity contribution in [3.63, 3.8) is 0 Å². The van der Waals surface area contributed by atoms with Crippen molar-refractivity contribution in [1.29, 1.82) is 0 Å². The van der Waals surface area contributed by atoms with Crippen LogP contribution in [0.4, 0.5) is 0 Å². The summed E-state index contributed by atoms with van der Waals surface area (Å²) < 4.78 is 0. The molecule has 1 saturated heterocycles. The molecule has 1 aromatic carbocycles. The Balaban J connectivity index is 1.58. The summed E-state index contributed by atoms with van der Waals surface area (Å²) in [5, 5.41) is 14.6. The van der Waals surface area contributed by atoms with E-state index in [1.807, 2.05) is 12.1 Å². The molecule has 2 aliphatic heterocycles. The lowest BCUT2D eigenvalue weighted by molar-refractivity contribution is -0.130. The molecule has 0 atom stereocenters. The van der Waals surface area contributed by atoms with Crippen LogP contribution in [0.2, 0.25) is 0 Å². The lowest BCUT2D eigenvalue weighted by Gasteiger charge is -2.33. The van der Waals surface area contributed by atoms with Crippen molar-refractivity contribution in [2.75, 3.05) is 20.1 Å². The number of rotatable bonds is 4. The van der Waals surface area contributed by atoms with E-state index >= 15 is 0 Å². The smallest absolute Gasteiger partial charge is 0.335 e. The van der Waals surface area contributed by atoms with Gasteiger partial charge in [0.1, 0.15) is 5.71 Å². The van der Waals surface area contributed by atoms with Gasteiger partial charge in [0.25, 0.3) is 5.91 Å². The fourth-order valence-corrected chi connectivity index (χ4v) is 3.56. The van der Waals surface area contributed by atoms with Gasteiger partial charge in [0, 0.05) is 33.0 Å². The molecule has 1 aromatic rings. The summed E-state index contributed by atoms with van der Waals surface area (Å²) >= 11 is 0. The van der Waals surface area contributed by atoms with E-state index in [9.17, 15) is 19.5 Å². The van der Waals surface area contributed by atoms with E-state index in [2.05, 4.69) is 5.10 Å². The van der Waals surface area contributed by atoms with E-state index in [1.165, 1.54) is 5.01 Å². The molecule has 138 valence electrons. The maximum absolute atomic E-state index is 12.6. The van der Waals surface area contributed by atoms with Gasteiger partial charge in [-0.2, -0.15) is 5.10 Å². The standard InChI is InChI=1S/C19H23N3O4/c1-21-17(23)7-6-16(20-21)18(24)22-10-8-13(9-11-22)12-14-4-2-3-5-15(14)19(25)26/h2-5,13H,6-12H2,1H3,(H,25,26). The molecule has 0 spiro atoms. The molecule has 0 radical (unpaired) electrons. The Bertz CT molecular complexity index is 751. The highest BCUT2D eigenvalue weighted by Gasteiger charge is 2.29. The fourth-order valence-electron chi connectivity index (χ4n) is 3.56. The number of likely N-dealkylation sites (tertiary alicyclic amines) is 1. The normalized spacial score (nSPS) is 18.7. The van der Waals surface area contributed by atoms with Gasteiger partial charge in [-0.25, -0.2) is 9.80 Å². The highest BCUT2D eigenvalue weighted by atomic mass is 16.4. The number of carboxylic acid groups (broad SMARTS) is 1. The number of carboxylic acids is 1. The van der Waals surface area contributed by atoms with Gasteiger partial charge in [-0.1, -0.05) is 18.2 Å². The summed E-state index contributed by atoms with van der Waals surface area (Å²) in [5.74, 6) is -0.703. The number of hydrazone groups is 1. The summed E-state index contributed by atoms with van der Waals surface area (Å²) in [4.78, 5) is 37.2. The number of carbonyl (C=O) groups is 3. The topological polar surface area (TPSA) is 90.3 Å². The third kappa shape index (κ3) is 3.92. The lowest BCUT2D eigenvalue weighted by Crippen LogP contribution is -2.44. The molecule has 0 saturated carbocycles. The highest BCUT2D eigenvalue weighted by Crippen LogP contribution is 2.24.